The second-order valence-electron chi connectivity index (χ2n) is 6.26. The Balaban J connectivity index is 2.49. The molecule has 0 bridgehead atoms. The van der Waals surface area contributed by atoms with Crippen LogP contribution in [0.15, 0.2) is 24.3 Å². The molecule has 2 aromatic rings. The molecule has 1 aromatic heterocycles. The molecule has 0 aliphatic heterocycles. The zero-order valence-electron chi connectivity index (χ0n) is 13.1. The average Bonchev–Trinajstić information content (AvgIpc) is 2.71. The summed E-state index contributed by atoms with van der Waals surface area (Å²) in [6, 6.07) is 7.58. The molecule has 0 aliphatic carbocycles. The van der Waals surface area contributed by atoms with Gasteiger partial charge in [-0.15, -0.1) is 0 Å². The van der Waals surface area contributed by atoms with Gasteiger partial charge in [0.25, 0.3) is 0 Å². The van der Waals surface area contributed by atoms with Gasteiger partial charge in [-0.05, 0) is 57.9 Å². The van der Waals surface area contributed by atoms with Crippen LogP contribution in [-0.4, -0.2) is 16.3 Å². The van der Waals surface area contributed by atoms with Crippen LogP contribution in [0.5, 0.6) is 0 Å². The zero-order chi connectivity index (χ0) is 15.6. The van der Waals surface area contributed by atoms with E-state index in [1.54, 1.807) is 10.6 Å². The number of aromatic nitrogens is 1. The number of halogens is 1. The highest BCUT2D eigenvalue weighted by Crippen LogP contribution is 2.25. The molecule has 114 valence electrons. The van der Waals surface area contributed by atoms with Crippen molar-refractivity contribution in [3.63, 3.8) is 0 Å². The second-order valence-corrected chi connectivity index (χ2v) is 6.69. The number of unbranched alkanes of at least 4 members (excludes halogenated alkanes) is 1. The molecule has 21 heavy (non-hydrogen) atoms. The van der Waals surface area contributed by atoms with E-state index in [-0.39, 0.29) is 6.09 Å². The van der Waals surface area contributed by atoms with Gasteiger partial charge in [-0.1, -0.05) is 24.9 Å². The van der Waals surface area contributed by atoms with E-state index in [0.717, 1.165) is 35.9 Å². The van der Waals surface area contributed by atoms with Gasteiger partial charge in [0.05, 0.1) is 5.52 Å². The van der Waals surface area contributed by atoms with Crippen molar-refractivity contribution in [1.29, 1.82) is 0 Å². The molecular formula is C17H22ClNO2. The minimum absolute atomic E-state index is 0.328. The molecule has 2 rings (SSSR count). The summed E-state index contributed by atoms with van der Waals surface area (Å²) in [5, 5.41) is 1.64. The maximum absolute atomic E-state index is 12.5. The van der Waals surface area contributed by atoms with E-state index in [4.69, 9.17) is 16.3 Å². The first-order valence-corrected chi connectivity index (χ1v) is 7.73. The number of fused-ring (bicyclic) bond motifs is 1. The predicted molar refractivity (Wildman–Crippen MR) is 87.2 cm³/mol. The smallest absolute Gasteiger partial charge is 0.419 e. The monoisotopic (exact) mass is 307 g/mol. The summed E-state index contributed by atoms with van der Waals surface area (Å²) in [5.41, 5.74) is 1.31. The molecule has 1 aromatic carbocycles. The van der Waals surface area contributed by atoms with Crippen molar-refractivity contribution in [3.8, 4) is 0 Å². The lowest BCUT2D eigenvalue weighted by Gasteiger charge is -2.21. The molecule has 0 aliphatic rings. The second kappa shape index (κ2) is 6.10. The van der Waals surface area contributed by atoms with Crippen molar-refractivity contribution in [2.45, 2.75) is 52.6 Å². The van der Waals surface area contributed by atoms with Crippen LogP contribution in [0.2, 0.25) is 5.02 Å². The Morgan fingerprint density at radius 3 is 2.62 bits per heavy atom. The maximum Gasteiger partial charge on any atom is 0.419 e. The van der Waals surface area contributed by atoms with Gasteiger partial charge in [-0.25, -0.2) is 9.36 Å². The van der Waals surface area contributed by atoms with E-state index in [1.165, 1.54) is 0 Å². The number of nitrogens with zero attached hydrogens (tertiary/aromatic N) is 1. The van der Waals surface area contributed by atoms with Crippen LogP contribution in [-0.2, 0) is 11.2 Å². The van der Waals surface area contributed by atoms with Gasteiger partial charge in [0.15, 0.2) is 0 Å². The quantitative estimate of drug-likeness (QED) is 0.758. The fourth-order valence-corrected chi connectivity index (χ4v) is 2.49. The Morgan fingerprint density at radius 1 is 1.29 bits per heavy atom. The number of carbonyl (C=O) groups excluding carboxylic acids is 1. The Morgan fingerprint density at radius 2 is 2.00 bits per heavy atom. The third kappa shape index (κ3) is 3.79. The number of carbonyl (C=O) groups is 1. The largest absolute Gasteiger partial charge is 0.443 e. The first kappa shape index (κ1) is 15.9. The van der Waals surface area contributed by atoms with Crippen molar-refractivity contribution in [2.75, 3.05) is 0 Å². The average molecular weight is 308 g/mol. The van der Waals surface area contributed by atoms with Gasteiger partial charge in [-0.3, -0.25) is 0 Å². The molecule has 0 N–H and O–H groups in total. The highest BCUT2D eigenvalue weighted by atomic mass is 35.5. The van der Waals surface area contributed by atoms with E-state index in [0.29, 0.717) is 5.02 Å². The standard InChI is InChI=1S/C17H22ClNO2/c1-5-6-7-14-11-12-10-13(18)8-9-15(12)19(14)16(20)21-17(2,3)4/h8-11H,5-7H2,1-4H3. The van der Waals surface area contributed by atoms with Gasteiger partial charge >= 0.3 is 6.09 Å². The minimum Gasteiger partial charge on any atom is -0.443 e. The Hall–Kier alpha value is -1.48. The Labute approximate surface area is 130 Å². The maximum atomic E-state index is 12.5. The SMILES string of the molecule is CCCCc1cc2cc(Cl)ccc2n1C(=O)OC(C)(C)C. The molecule has 0 amide bonds. The van der Waals surface area contributed by atoms with Gasteiger partial charge in [-0.2, -0.15) is 0 Å². The van der Waals surface area contributed by atoms with Crippen LogP contribution in [0.4, 0.5) is 4.79 Å². The normalized spacial score (nSPS) is 11.9. The predicted octanol–water partition coefficient (Wildman–Crippen LogP) is 5.42. The first-order chi connectivity index (χ1) is 9.81. The van der Waals surface area contributed by atoms with Crippen LogP contribution in [0.3, 0.4) is 0 Å². The molecule has 4 heteroatoms. The number of rotatable bonds is 3. The summed E-state index contributed by atoms with van der Waals surface area (Å²) in [6.07, 6.45) is 2.64. The summed E-state index contributed by atoms with van der Waals surface area (Å²) in [7, 11) is 0. The van der Waals surface area contributed by atoms with Gasteiger partial charge < -0.3 is 4.74 Å². The Kier molecular flexibility index (Phi) is 4.62. The number of benzene rings is 1. The van der Waals surface area contributed by atoms with Gasteiger partial charge in [0.2, 0.25) is 0 Å². The van der Waals surface area contributed by atoms with Crippen LogP contribution < -0.4 is 0 Å². The first-order valence-electron chi connectivity index (χ1n) is 7.35. The van der Waals surface area contributed by atoms with Gasteiger partial charge in [0, 0.05) is 16.1 Å². The van der Waals surface area contributed by atoms with E-state index >= 15 is 0 Å². The third-order valence-electron chi connectivity index (χ3n) is 3.20. The molecule has 0 spiro atoms. The lowest BCUT2D eigenvalue weighted by molar-refractivity contribution is 0.0540. The number of aryl methyl sites for hydroxylation is 1. The summed E-state index contributed by atoms with van der Waals surface area (Å²) in [4.78, 5) is 12.5. The topological polar surface area (TPSA) is 31.2 Å². The molecule has 3 nitrogen and oxygen atoms in total. The number of ether oxygens (including phenoxy) is 1. The number of hydrogen-bond donors (Lipinski definition) is 0. The van der Waals surface area contributed by atoms with E-state index in [1.807, 2.05) is 39.0 Å². The van der Waals surface area contributed by atoms with Crippen molar-refractivity contribution in [1.82, 2.24) is 4.57 Å². The van der Waals surface area contributed by atoms with Crippen molar-refractivity contribution >= 4 is 28.6 Å². The summed E-state index contributed by atoms with van der Waals surface area (Å²) in [6.45, 7) is 7.76. The van der Waals surface area contributed by atoms with E-state index in [2.05, 4.69) is 6.92 Å². The summed E-state index contributed by atoms with van der Waals surface area (Å²) in [5.74, 6) is 0. The molecule has 0 atom stereocenters. The van der Waals surface area contributed by atoms with Crippen LogP contribution in [0, 0.1) is 0 Å². The third-order valence-corrected chi connectivity index (χ3v) is 3.44. The fourth-order valence-electron chi connectivity index (χ4n) is 2.31. The molecule has 0 fully saturated rings. The van der Waals surface area contributed by atoms with Crippen LogP contribution >= 0.6 is 11.6 Å². The molecule has 0 saturated heterocycles. The highest BCUT2D eigenvalue weighted by Gasteiger charge is 2.21. The van der Waals surface area contributed by atoms with E-state index < -0.39 is 5.60 Å². The fraction of sp³-hybridized carbons (Fsp3) is 0.471. The van der Waals surface area contributed by atoms with Gasteiger partial charge in [0.1, 0.15) is 5.60 Å². The Bertz CT molecular complexity index is 653. The lowest BCUT2D eigenvalue weighted by atomic mass is 10.2. The number of hydrogen-bond acceptors (Lipinski definition) is 2. The minimum atomic E-state index is -0.512. The summed E-state index contributed by atoms with van der Waals surface area (Å²) >= 11 is 6.05. The lowest BCUT2D eigenvalue weighted by Crippen LogP contribution is -2.28. The molecule has 1 heterocycles. The molecular weight excluding hydrogens is 286 g/mol. The molecule has 0 radical (unpaired) electrons. The van der Waals surface area contributed by atoms with Crippen LogP contribution in [0.25, 0.3) is 10.9 Å². The summed E-state index contributed by atoms with van der Waals surface area (Å²) < 4.78 is 7.21. The molecule has 0 unspecified atom stereocenters. The highest BCUT2D eigenvalue weighted by molar-refractivity contribution is 6.31. The molecule has 0 saturated carbocycles. The zero-order valence-corrected chi connectivity index (χ0v) is 13.8. The van der Waals surface area contributed by atoms with Crippen LogP contribution in [0.1, 0.15) is 46.2 Å². The van der Waals surface area contributed by atoms with Crippen molar-refractivity contribution in [3.05, 3.63) is 35.0 Å². The van der Waals surface area contributed by atoms with Crippen molar-refractivity contribution in [2.24, 2.45) is 0 Å². The van der Waals surface area contributed by atoms with E-state index in [9.17, 15) is 4.79 Å². The van der Waals surface area contributed by atoms with Crippen molar-refractivity contribution < 1.29 is 9.53 Å².